The second-order valence-corrected chi connectivity index (χ2v) is 2.73. The third-order valence-corrected chi connectivity index (χ3v) is 1.55. The molecule has 0 heterocycles. The van der Waals surface area contributed by atoms with E-state index in [1.54, 1.807) is 0 Å². The Balaban J connectivity index is 2.91. The lowest BCUT2D eigenvalue weighted by molar-refractivity contribution is -0.275. The van der Waals surface area contributed by atoms with Gasteiger partial charge in [-0.05, 0) is 23.8 Å². The largest absolute Gasteiger partial charge is 0.573 e. The molecule has 0 bridgehead atoms. The maximum Gasteiger partial charge on any atom is 0.573 e. The molecule has 1 aromatic carbocycles. The van der Waals surface area contributed by atoms with Crippen LogP contribution < -0.4 is 4.74 Å². The van der Waals surface area contributed by atoms with E-state index >= 15 is 0 Å². The van der Waals surface area contributed by atoms with Crippen LogP contribution in [0.5, 0.6) is 5.75 Å². The number of carbonyl (C=O) groups is 1. The topological polar surface area (TPSA) is 26.3 Å². The molecule has 0 N–H and O–H groups in total. The Kier molecular flexibility index (Phi) is 3.65. The normalized spacial score (nSPS) is 11.8. The number of alkyl halides is 3. The van der Waals surface area contributed by atoms with Crippen molar-refractivity contribution in [1.29, 1.82) is 0 Å². The van der Waals surface area contributed by atoms with Gasteiger partial charge in [-0.15, -0.1) is 13.2 Å². The first-order chi connectivity index (χ1) is 7.42. The highest BCUT2D eigenvalue weighted by molar-refractivity contribution is 5.73. The molecular weight excluding hydrogens is 228 g/mol. The van der Waals surface area contributed by atoms with E-state index in [0.717, 1.165) is 18.2 Å². The van der Waals surface area contributed by atoms with Crippen LogP contribution in [-0.4, -0.2) is 12.6 Å². The van der Waals surface area contributed by atoms with E-state index in [0.29, 0.717) is 6.29 Å². The lowest BCUT2D eigenvalue weighted by Crippen LogP contribution is -2.17. The molecule has 6 heteroatoms. The summed E-state index contributed by atoms with van der Waals surface area (Å²) in [5, 5.41) is 0. The van der Waals surface area contributed by atoms with Crippen molar-refractivity contribution in [3.63, 3.8) is 0 Å². The van der Waals surface area contributed by atoms with Gasteiger partial charge in [-0.2, -0.15) is 0 Å². The van der Waals surface area contributed by atoms with Crippen LogP contribution in [0.25, 0.3) is 6.08 Å². The molecule has 0 atom stereocenters. The van der Waals surface area contributed by atoms with Gasteiger partial charge >= 0.3 is 6.36 Å². The van der Waals surface area contributed by atoms with Crippen molar-refractivity contribution in [1.82, 2.24) is 0 Å². The Morgan fingerprint density at radius 3 is 2.44 bits per heavy atom. The van der Waals surface area contributed by atoms with Gasteiger partial charge in [-0.3, -0.25) is 4.79 Å². The molecule has 0 amide bonds. The third-order valence-electron chi connectivity index (χ3n) is 1.55. The molecule has 1 aromatic rings. The van der Waals surface area contributed by atoms with Crippen LogP contribution in [-0.2, 0) is 4.79 Å². The van der Waals surface area contributed by atoms with Crippen LogP contribution in [0.15, 0.2) is 24.3 Å². The molecule has 0 unspecified atom stereocenters. The standard InChI is InChI=1S/C10H6F4O2/c11-8-6-7(2-1-5-15)3-4-9(8)16-10(12,13)14/h1-6H. The molecule has 16 heavy (non-hydrogen) atoms. The van der Waals surface area contributed by atoms with Crippen molar-refractivity contribution in [3.8, 4) is 5.75 Å². The van der Waals surface area contributed by atoms with Gasteiger partial charge in [0.25, 0.3) is 0 Å². The van der Waals surface area contributed by atoms with Crippen LogP contribution in [0, 0.1) is 5.82 Å². The summed E-state index contributed by atoms with van der Waals surface area (Å²) in [6, 6.07) is 2.87. The maximum atomic E-state index is 13.1. The predicted molar refractivity (Wildman–Crippen MR) is 48.2 cm³/mol. The average molecular weight is 234 g/mol. The quantitative estimate of drug-likeness (QED) is 0.456. The molecule has 0 fully saturated rings. The minimum absolute atomic E-state index is 0.263. The fourth-order valence-electron chi connectivity index (χ4n) is 0.979. The number of benzene rings is 1. The lowest BCUT2D eigenvalue weighted by atomic mass is 10.2. The van der Waals surface area contributed by atoms with E-state index in [4.69, 9.17) is 0 Å². The molecule has 2 nitrogen and oxygen atoms in total. The first-order valence-electron chi connectivity index (χ1n) is 4.09. The first kappa shape index (κ1) is 12.2. The zero-order valence-electron chi connectivity index (χ0n) is 7.79. The Bertz CT molecular complexity index is 410. The molecule has 0 aliphatic rings. The van der Waals surface area contributed by atoms with Crippen molar-refractivity contribution >= 4 is 12.4 Å². The van der Waals surface area contributed by atoms with E-state index < -0.39 is 17.9 Å². The van der Waals surface area contributed by atoms with Crippen LogP contribution in [0.4, 0.5) is 17.6 Å². The Morgan fingerprint density at radius 1 is 1.25 bits per heavy atom. The first-order valence-corrected chi connectivity index (χ1v) is 4.09. The molecule has 86 valence electrons. The van der Waals surface area contributed by atoms with Crippen LogP contribution in [0.3, 0.4) is 0 Å². The Morgan fingerprint density at radius 2 is 1.94 bits per heavy atom. The zero-order valence-corrected chi connectivity index (χ0v) is 7.79. The predicted octanol–water partition coefficient (Wildman–Crippen LogP) is 2.94. The second kappa shape index (κ2) is 4.78. The van der Waals surface area contributed by atoms with Gasteiger partial charge in [0.2, 0.25) is 0 Å². The van der Waals surface area contributed by atoms with Crippen molar-refractivity contribution in [2.45, 2.75) is 6.36 Å². The van der Waals surface area contributed by atoms with Gasteiger partial charge in [0, 0.05) is 0 Å². The van der Waals surface area contributed by atoms with Crippen molar-refractivity contribution in [2.75, 3.05) is 0 Å². The summed E-state index contributed by atoms with van der Waals surface area (Å²) in [4.78, 5) is 9.96. The number of aldehydes is 1. The molecule has 0 aromatic heterocycles. The number of ether oxygens (including phenoxy) is 1. The van der Waals surface area contributed by atoms with Gasteiger partial charge in [-0.25, -0.2) is 4.39 Å². The number of hydrogen-bond donors (Lipinski definition) is 0. The highest BCUT2D eigenvalue weighted by atomic mass is 19.4. The fourth-order valence-corrected chi connectivity index (χ4v) is 0.979. The maximum absolute atomic E-state index is 13.1. The van der Waals surface area contributed by atoms with Gasteiger partial charge in [0.1, 0.15) is 6.29 Å². The summed E-state index contributed by atoms with van der Waals surface area (Å²) in [6.07, 6.45) is -2.11. The Hall–Kier alpha value is -1.85. The van der Waals surface area contributed by atoms with E-state index in [2.05, 4.69) is 4.74 Å². The van der Waals surface area contributed by atoms with E-state index in [-0.39, 0.29) is 5.56 Å². The molecule has 0 radical (unpaired) electrons. The second-order valence-electron chi connectivity index (χ2n) is 2.73. The van der Waals surface area contributed by atoms with Crippen molar-refractivity contribution < 1.29 is 27.1 Å². The summed E-state index contributed by atoms with van der Waals surface area (Å²) in [6.45, 7) is 0. The average Bonchev–Trinajstić information content (AvgIpc) is 2.17. The van der Waals surface area contributed by atoms with E-state index in [1.807, 2.05) is 0 Å². The molecule has 0 aliphatic heterocycles. The zero-order chi connectivity index (χ0) is 12.2. The monoisotopic (exact) mass is 234 g/mol. The van der Waals surface area contributed by atoms with Crippen LogP contribution in [0.1, 0.15) is 5.56 Å². The number of carbonyl (C=O) groups excluding carboxylic acids is 1. The highest BCUT2D eigenvalue weighted by Gasteiger charge is 2.32. The van der Waals surface area contributed by atoms with Gasteiger partial charge < -0.3 is 4.74 Å². The van der Waals surface area contributed by atoms with E-state index in [9.17, 15) is 22.4 Å². The summed E-state index contributed by atoms with van der Waals surface area (Å²) in [5.41, 5.74) is 0.263. The highest BCUT2D eigenvalue weighted by Crippen LogP contribution is 2.26. The van der Waals surface area contributed by atoms with Crippen molar-refractivity contribution in [2.24, 2.45) is 0 Å². The summed E-state index contributed by atoms with van der Waals surface area (Å²) in [5.74, 6) is -2.05. The summed E-state index contributed by atoms with van der Waals surface area (Å²) >= 11 is 0. The third kappa shape index (κ3) is 3.72. The molecule has 0 spiro atoms. The minimum Gasteiger partial charge on any atom is -0.403 e. The van der Waals surface area contributed by atoms with Gasteiger partial charge in [0.05, 0.1) is 0 Å². The number of rotatable bonds is 3. The lowest BCUT2D eigenvalue weighted by Gasteiger charge is -2.09. The van der Waals surface area contributed by atoms with Crippen LogP contribution in [0.2, 0.25) is 0 Å². The number of halogens is 4. The van der Waals surface area contributed by atoms with Crippen molar-refractivity contribution in [3.05, 3.63) is 35.7 Å². The Labute approximate surface area is 88.1 Å². The van der Waals surface area contributed by atoms with E-state index in [1.165, 1.54) is 12.1 Å². The minimum atomic E-state index is -4.93. The SMILES string of the molecule is O=CC=Cc1ccc(OC(F)(F)F)c(F)c1. The molecule has 0 saturated heterocycles. The molecular formula is C10H6F4O2. The summed E-state index contributed by atoms with van der Waals surface area (Å²) < 4.78 is 51.8. The summed E-state index contributed by atoms with van der Waals surface area (Å²) in [7, 11) is 0. The van der Waals surface area contributed by atoms with Gasteiger partial charge in [-0.1, -0.05) is 12.1 Å². The van der Waals surface area contributed by atoms with Crippen LogP contribution >= 0.6 is 0 Å². The smallest absolute Gasteiger partial charge is 0.403 e. The molecule has 1 rings (SSSR count). The molecule has 0 saturated carbocycles. The number of allylic oxidation sites excluding steroid dienone is 1. The fraction of sp³-hybridized carbons (Fsp3) is 0.100. The molecule has 0 aliphatic carbocycles. The number of hydrogen-bond acceptors (Lipinski definition) is 2. The van der Waals surface area contributed by atoms with Gasteiger partial charge in [0.15, 0.2) is 11.6 Å².